The number of nitrogens with zero attached hydrogens (tertiary/aromatic N) is 3. The minimum absolute atomic E-state index is 0.0632. The third-order valence-electron chi connectivity index (χ3n) is 4.09. The number of aliphatic carboxylic acids is 1. The Hall–Kier alpha value is -1.50. The Morgan fingerprint density at radius 1 is 1.25 bits per heavy atom. The molecule has 1 saturated carbocycles. The second kappa shape index (κ2) is 5.47. The van der Waals surface area contributed by atoms with Crippen LogP contribution in [0.5, 0.6) is 0 Å². The van der Waals surface area contributed by atoms with E-state index in [1.165, 1.54) is 35.5 Å². The molecule has 1 aromatic heterocycles. The number of hydrogen-bond acceptors (Lipinski definition) is 5. The van der Waals surface area contributed by atoms with Crippen LogP contribution in [0.2, 0.25) is 0 Å². The van der Waals surface area contributed by atoms with Gasteiger partial charge in [-0.15, -0.1) is 10.2 Å². The fraction of sp³-hybridized carbons (Fsp3) is 0.692. The summed E-state index contributed by atoms with van der Waals surface area (Å²) in [5.74, 6) is -1.24. The fourth-order valence-electron chi connectivity index (χ4n) is 2.91. The highest BCUT2D eigenvalue weighted by molar-refractivity contribution is 7.15. The Bertz CT molecular complexity index is 525. The van der Waals surface area contributed by atoms with Crippen LogP contribution in [0.25, 0.3) is 0 Å². The van der Waals surface area contributed by atoms with E-state index in [9.17, 15) is 9.59 Å². The predicted octanol–water partition coefficient (Wildman–Crippen LogP) is 2.02. The van der Waals surface area contributed by atoms with Gasteiger partial charge in [0.15, 0.2) is 0 Å². The molecular formula is C13H17N3O3S. The van der Waals surface area contributed by atoms with Gasteiger partial charge >= 0.3 is 5.97 Å². The van der Waals surface area contributed by atoms with E-state index in [4.69, 9.17) is 5.11 Å². The maximum atomic E-state index is 11.9. The van der Waals surface area contributed by atoms with Gasteiger partial charge in [0.05, 0.1) is 5.92 Å². The van der Waals surface area contributed by atoms with Gasteiger partial charge in [-0.2, -0.15) is 0 Å². The van der Waals surface area contributed by atoms with Crippen molar-refractivity contribution in [2.24, 2.45) is 5.92 Å². The number of hydrogen-bond donors (Lipinski definition) is 1. The maximum absolute atomic E-state index is 11.9. The molecule has 7 heteroatoms. The van der Waals surface area contributed by atoms with Crippen LogP contribution in [0, 0.1) is 5.92 Å². The Balaban J connectivity index is 1.73. The fourth-order valence-corrected chi connectivity index (χ4v) is 3.95. The van der Waals surface area contributed by atoms with Gasteiger partial charge in [0.1, 0.15) is 5.01 Å². The minimum Gasteiger partial charge on any atom is -0.481 e. The molecule has 1 N–H and O–H groups in total. The maximum Gasteiger partial charge on any atom is 0.308 e. The molecule has 1 aliphatic heterocycles. The highest BCUT2D eigenvalue weighted by Crippen LogP contribution is 2.37. The monoisotopic (exact) mass is 295 g/mol. The van der Waals surface area contributed by atoms with E-state index >= 15 is 0 Å². The second-order valence-corrected chi connectivity index (χ2v) is 6.49. The highest BCUT2D eigenvalue weighted by Gasteiger charge is 2.37. The Morgan fingerprint density at radius 2 is 2.00 bits per heavy atom. The van der Waals surface area contributed by atoms with Crippen molar-refractivity contribution in [2.45, 2.75) is 44.4 Å². The van der Waals surface area contributed by atoms with Crippen LogP contribution in [-0.4, -0.2) is 33.7 Å². The largest absolute Gasteiger partial charge is 0.481 e. The molecular weight excluding hydrogens is 278 g/mol. The van der Waals surface area contributed by atoms with E-state index in [-0.39, 0.29) is 18.9 Å². The lowest BCUT2D eigenvalue weighted by molar-refractivity contribution is -0.141. The van der Waals surface area contributed by atoms with E-state index < -0.39 is 11.9 Å². The SMILES string of the molecule is O=C(O)C1CC(=O)N(c2nnc(C3CCCCC3)s2)C1. The molecule has 1 aromatic rings. The third-order valence-corrected chi connectivity index (χ3v) is 5.20. The van der Waals surface area contributed by atoms with Crippen LogP contribution < -0.4 is 4.90 Å². The van der Waals surface area contributed by atoms with Crippen LogP contribution in [0.15, 0.2) is 0 Å². The zero-order valence-corrected chi connectivity index (χ0v) is 11.9. The first-order valence-corrected chi connectivity index (χ1v) is 7.83. The molecule has 6 nitrogen and oxygen atoms in total. The molecule has 108 valence electrons. The summed E-state index contributed by atoms with van der Waals surface area (Å²) >= 11 is 1.44. The summed E-state index contributed by atoms with van der Waals surface area (Å²) in [4.78, 5) is 24.3. The van der Waals surface area contributed by atoms with Gasteiger partial charge in [-0.3, -0.25) is 14.5 Å². The first kappa shape index (κ1) is 13.5. The standard InChI is InChI=1S/C13H17N3O3S/c17-10-6-9(12(18)19)7-16(10)13-15-14-11(20-13)8-4-2-1-3-5-8/h8-9H,1-7H2,(H,18,19). The van der Waals surface area contributed by atoms with Crippen molar-refractivity contribution in [2.75, 3.05) is 11.4 Å². The quantitative estimate of drug-likeness (QED) is 0.922. The smallest absolute Gasteiger partial charge is 0.308 e. The van der Waals surface area contributed by atoms with Gasteiger partial charge in [0.25, 0.3) is 0 Å². The summed E-state index contributed by atoms with van der Waals surface area (Å²) in [5.41, 5.74) is 0. The lowest BCUT2D eigenvalue weighted by atomic mass is 9.90. The molecule has 20 heavy (non-hydrogen) atoms. The number of carbonyl (C=O) groups is 2. The van der Waals surface area contributed by atoms with Crippen molar-refractivity contribution in [1.29, 1.82) is 0 Å². The van der Waals surface area contributed by atoms with Crippen molar-refractivity contribution >= 4 is 28.3 Å². The van der Waals surface area contributed by atoms with Crippen LogP contribution in [0.1, 0.15) is 49.5 Å². The topological polar surface area (TPSA) is 83.4 Å². The second-order valence-electron chi connectivity index (χ2n) is 5.50. The number of carbonyl (C=O) groups excluding carboxylic acids is 1. The van der Waals surface area contributed by atoms with E-state index in [1.807, 2.05) is 0 Å². The van der Waals surface area contributed by atoms with E-state index in [0.29, 0.717) is 11.0 Å². The molecule has 0 spiro atoms. The van der Waals surface area contributed by atoms with Crippen molar-refractivity contribution in [3.63, 3.8) is 0 Å². The zero-order chi connectivity index (χ0) is 14.1. The van der Waals surface area contributed by atoms with E-state index in [0.717, 1.165) is 17.8 Å². The van der Waals surface area contributed by atoms with Crippen molar-refractivity contribution in [3.8, 4) is 0 Å². The molecule has 2 fully saturated rings. The van der Waals surface area contributed by atoms with Gasteiger partial charge in [-0.05, 0) is 12.8 Å². The summed E-state index contributed by atoms with van der Waals surface area (Å²) in [6.45, 7) is 0.216. The average Bonchev–Trinajstić information content (AvgIpc) is 3.06. The van der Waals surface area contributed by atoms with Gasteiger partial charge < -0.3 is 5.11 Å². The van der Waals surface area contributed by atoms with Crippen molar-refractivity contribution in [3.05, 3.63) is 5.01 Å². The molecule has 2 heterocycles. The summed E-state index contributed by atoms with van der Waals surface area (Å²) in [6.07, 6.45) is 6.08. The average molecular weight is 295 g/mol. The molecule has 1 amide bonds. The Labute approximate surface area is 120 Å². The third kappa shape index (κ3) is 2.54. The van der Waals surface area contributed by atoms with Crippen LogP contribution in [-0.2, 0) is 9.59 Å². The van der Waals surface area contributed by atoms with E-state index in [2.05, 4.69) is 10.2 Å². The predicted molar refractivity (Wildman–Crippen MR) is 73.8 cm³/mol. The Kier molecular flexibility index (Phi) is 3.69. The first-order valence-electron chi connectivity index (χ1n) is 7.01. The molecule has 0 radical (unpaired) electrons. The van der Waals surface area contributed by atoms with Crippen molar-refractivity contribution in [1.82, 2.24) is 10.2 Å². The molecule has 1 unspecified atom stereocenters. The number of anilines is 1. The van der Waals surface area contributed by atoms with Crippen LogP contribution in [0.3, 0.4) is 0 Å². The zero-order valence-electron chi connectivity index (χ0n) is 11.1. The van der Waals surface area contributed by atoms with Crippen LogP contribution in [0.4, 0.5) is 5.13 Å². The first-order chi connectivity index (χ1) is 9.65. The molecule has 0 bridgehead atoms. The van der Waals surface area contributed by atoms with Gasteiger partial charge in [0, 0.05) is 18.9 Å². The normalized spacial score (nSPS) is 24.3. The number of rotatable bonds is 3. The number of carboxylic acids is 1. The summed E-state index contributed by atoms with van der Waals surface area (Å²) in [7, 11) is 0. The molecule has 2 aliphatic rings. The molecule has 1 atom stereocenters. The summed E-state index contributed by atoms with van der Waals surface area (Å²) < 4.78 is 0. The van der Waals surface area contributed by atoms with Crippen LogP contribution >= 0.6 is 11.3 Å². The summed E-state index contributed by atoms with van der Waals surface area (Å²) in [6, 6.07) is 0. The molecule has 0 aromatic carbocycles. The lowest BCUT2D eigenvalue weighted by Crippen LogP contribution is -2.25. The van der Waals surface area contributed by atoms with Gasteiger partial charge in [-0.1, -0.05) is 30.6 Å². The Morgan fingerprint density at radius 3 is 2.65 bits per heavy atom. The van der Waals surface area contributed by atoms with E-state index in [1.54, 1.807) is 0 Å². The van der Waals surface area contributed by atoms with Gasteiger partial charge in [0.2, 0.25) is 11.0 Å². The minimum atomic E-state index is -0.919. The molecule has 1 saturated heterocycles. The number of carboxylic acid groups (broad SMARTS) is 1. The van der Waals surface area contributed by atoms with Gasteiger partial charge in [-0.25, -0.2) is 0 Å². The lowest BCUT2D eigenvalue weighted by Gasteiger charge is -2.18. The molecule has 1 aliphatic carbocycles. The number of aromatic nitrogens is 2. The number of amides is 1. The van der Waals surface area contributed by atoms with Crippen molar-refractivity contribution < 1.29 is 14.7 Å². The molecule has 3 rings (SSSR count). The highest BCUT2D eigenvalue weighted by atomic mass is 32.1. The summed E-state index contributed by atoms with van der Waals surface area (Å²) in [5, 5.41) is 18.9.